The number of benzene rings is 2. The fourth-order valence-corrected chi connectivity index (χ4v) is 1.80. The molecule has 0 aliphatic heterocycles. The number of hydrogen-bond acceptors (Lipinski definition) is 5. The number of ether oxygens (including phenoxy) is 1. The second kappa shape index (κ2) is 5.97. The van der Waals surface area contributed by atoms with Gasteiger partial charge in [0, 0.05) is 0 Å². The van der Waals surface area contributed by atoms with Crippen LogP contribution in [0.4, 0.5) is 5.95 Å². The first-order valence-electron chi connectivity index (χ1n) is 6.43. The summed E-state index contributed by atoms with van der Waals surface area (Å²) >= 11 is 0. The highest BCUT2D eigenvalue weighted by atomic mass is 16.5. The zero-order valence-electron chi connectivity index (χ0n) is 10.9. The van der Waals surface area contributed by atoms with Crippen LogP contribution in [0, 0.1) is 0 Å². The predicted octanol–water partition coefficient (Wildman–Crippen LogP) is 2.52. The highest BCUT2D eigenvalue weighted by Gasteiger charge is 2.00. The van der Waals surface area contributed by atoms with E-state index in [0.29, 0.717) is 19.1 Å². The number of nitrogens with zero attached hydrogens (tertiary/aromatic N) is 3. The Morgan fingerprint density at radius 3 is 2.45 bits per heavy atom. The first-order chi connectivity index (χ1) is 9.92. The van der Waals surface area contributed by atoms with Crippen molar-refractivity contribution in [3.05, 3.63) is 54.6 Å². The van der Waals surface area contributed by atoms with E-state index in [9.17, 15) is 0 Å². The zero-order chi connectivity index (χ0) is 13.6. The molecule has 2 aromatic carbocycles. The second-order valence-corrected chi connectivity index (χ2v) is 4.21. The van der Waals surface area contributed by atoms with Gasteiger partial charge in [-0.1, -0.05) is 30.3 Å². The molecule has 5 nitrogen and oxygen atoms in total. The fourth-order valence-electron chi connectivity index (χ4n) is 1.80. The normalized spacial score (nSPS) is 10.4. The molecule has 0 amide bonds. The highest BCUT2D eigenvalue weighted by molar-refractivity contribution is 5.73. The van der Waals surface area contributed by atoms with Crippen LogP contribution in [0.5, 0.6) is 5.75 Å². The number of nitrogens with one attached hydrogen (secondary N) is 1. The lowest BCUT2D eigenvalue weighted by Crippen LogP contribution is -2.13. The number of hydrogen-bond donors (Lipinski definition) is 1. The van der Waals surface area contributed by atoms with Crippen LogP contribution in [0.2, 0.25) is 0 Å². The van der Waals surface area contributed by atoms with Gasteiger partial charge in [0.25, 0.3) is 0 Å². The molecule has 0 spiro atoms. The van der Waals surface area contributed by atoms with Crippen LogP contribution in [-0.4, -0.2) is 28.3 Å². The van der Waals surface area contributed by atoms with Gasteiger partial charge in [0.2, 0.25) is 5.95 Å². The lowest BCUT2D eigenvalue weighted by Gasteiger charge is -2.07. The minimum Gasteiger partial charge on any atom is -0.492 e. The molecule has 0 saturated heterocycles. The van der Waals surface area contributed by atoms with Crippen molar-refractivity contribution in [2.45, 2.75) is 0 Å². The third kappa shape index (κ3) is 3.00. The first kappa shape index (κ1) is 12.3. The van der Waals surface area contributed by atoms with E-state index in [2.05, 4.69) is 20.5 Å². The summed E-state index contributed by atoms with van der Waals surface area (Å²) in [6.07, 6.45) is 0. The van der Waals surface area contributed by atoms with Crippen molar-refractivity contribution in [1.82, 2.24) is 15.2 Å². The maximum Gasteiger partial charge on any atom is 0.243 e. The summed E-state index contributed by atoms with van der Waals surface area (Å²) in [6.45, 7) is 1.16. The molecule has 0 bridgehead atoms. The van der Waals surface area contributed by atoms with Gasteiger partial charge in [0.05, 0.1) is 12.1 Å². The Hall–Kier alpha value is -2.69. The van der Waals surface area contributed by atoms with Gasteiger partial charge < -0.3 is 10.1 Å². The number of aromatic nitrogens is 3. The lowest BCUT2D eigenvalue weighted by atomic mass is 10.3. The Bertz CT molecular complexity index is 688. The van der Waals surface area contributed by atoms with E-state index < -0.39 is 0 Å². The minimum atomic E-state index is 0.514. The van der Waals surface area contributed by atoms with Crippen molar-refractivity contribution in [3.63, 3.8) is 0 Å². The van der Waals surface area contributed by atoms with Crippen LogP contribution < -0.4 is 10.1 Å². The van der Waals surface area contributed by atoms with Crippen molar-refractivity contribution >= 4 is 17.0 Å². The molecule has 0 fully saturated rings. The Morgan fingerprint density at radius 2 is 1.60 bits per heavy atom. The maximum absolute atomic E-state index is 5.58. The van der Waals surface area contributed by atoms with E-state index >= 15 is 0 Å². The third-order valence-corrected chi connectivity index (χ3v) is 2.76. The van der Waals surface area contributed by atoms with E-state index in [1.54, 1.807) is 0 Å². The molecule has 20 heavy (non-hydrogen) atoms. The molecule has 0 radical (unpaired) electrons. The maximum atomic E-state index is 5.58. The minimum absolute atomic E-state index is 0.514. The molecular weight excluding hydrogens is 252 g/mol. The third-order valence-electron chi connectivity index (χ3n) is 2.76. The van der Waals surface area contributed by atoms with Crippen molar-refractivity contribution in [3.8, 4) is 5.75 Å². The molecule has 3 aromatic rings. The van der Waals surface area contributed by atoms with E-state index in [0.717, 1.165) is 16.8 Å². The van der Waals surface area contributed by atoms with Crippen molar-refractivity contribution in [2.24, 2.45) is 0 Å². The van der Waals surface area contributed by atoms with Gasteiger partial charge in [-0.15, -0.1) is 10.2 Å². The smallest absolute Gasteiger partial charge is 0.243 e. The van der Waals surface area contributed by atoms with Gasteiger partial charge in [0.1, 0.15) is 17.9 Å². The summed E-state index contributed by atoms with van der Waals surface area (Å²) in [7, 11) is 0. The molecule has 100 valence electrons. The summed E-state index contributed by atoms with van der Waals surface area (Å²) in [6, 6.07) is 17.3. The van der Waals surface area contributed by atoms with Gasteiger partial charge in [-0.3, -0.25) is 0 Å². The summed E-state index contributed by atoms with van der Waals surface area (Å²) < 4.78 is 5.58. The number of anilines is 1. The molecule has 0 unspecified atom stereocenters. The molecule has 3 rings (SSSR count). The summed E-state index contributed by atoms with van der Waals surface area (Å²) in [5, 5.41) is 11.2. The average molecular weight is 266 g/mol. The van der Waals surface area contributed by atoms with Gasteiger partial charge in [-0.2, -0.15) is 0 Å². The fraction of sp³-hybridized carbons (Fsp3) is 0.133. The van der Waals surface area contributed by atoms with E-state index in [1.807, 2.05) is 54.6 Å². The molecule has 5 heteroatoms. The number of fused-ring (bicyclic) bond motifs is 1. The van der Waals surface area contributed by atoms with Crippen LogP contribution in [0.15, 0.2) is 54.6 Å². The van der Waals surface area contributed by atoms with Gasteiger partial charge in [-0.05, 0) is 24.3 Å². The Kier molecular flexibility index (Phi) is 3.68. The molecular formula is C15H14N4O. The monoisotopic (exact) mass is 266 g/mol. The van der Waals surface area contributed by atoms with E-state index in [4.69, 9.17) is 4.74 Å². The van der Waals surface area contributed by atoms with Crippen LogP contribution in [0.25, 0.3) is 11.0 Å². The van der Waals surface area contributed by atoms with Crippen molar-refractivity contribution in [1.29, 1.82) is 0 Å². The summed E-state index contributed by atoms with van der Waals surface area (Å²) in [5.41, 5.74) is 1.62. The van der Waals surface area contributed by atoms with E-state index in [1.165, 1.54) is 0 Å². The van der Waals surface area contributed by atoms with Crippen LogP contribution >= 0.6 is 0 Å². The summed E-state index contributed by atoms with van der Waals surface area (Å²) in [4.78, 5) is 4.38. The Labute approximate surface area is 116 Å². The molecule has 1 aromatic heterocycles. The molecule has 1 heterocycles. The molecule has 0 saturated carbocycles. The lowest BCUT2D eigenvalue weighted by molar-refractivity contribution is 0.332. The SMILES string of the molecule is c1ccc(OCCNc2nnc3ccccc3n2)cc1. The molecule has 0 aliphatic carbocycles. The van der Waals surface area contributed by atoms with Gasteiger partial charge >= 0.3 is 0 Å². The largest absolute Gasteiger partial charge is 0.492 e. The van der Waals surface area contributed by atoms with Crippen molar-refractivity contribution in [2.75, 3.05) is 18.5 Å². The number of para-hydroxylation sites is 2. The van der Waals surface area contributed by atoms with Crippen LogP contribution in [0.1, 0.15) is 0 Å². The van der Waals surface area contributed by atoms with Gasteiger partial charge in [-0.25, -0.2) is 4.98 Å². The van der Waals surface area contributed by atoms with Crippen LogP contribution in [-0.2, 0) is 0 Å². The number of rotatable bonds is 5. The zero-order valence-corrected chi connectivity index (χ0v) is 10.9. The summed E-state index contributed by atoms with van der Waals surface area (Å²) in [5.74, 6) is 1.37. The quantitative estimate of drug-likeness (QED) is 0.719. The highest BCUT2D eigenvalue weighted by Crippen LogP contribution is 2.09. The average Bonchev–Trinajstić information content (AvgIpc) is 2.52. The van der Waals surface area contributed by atoms with Crippen molar-refractivity contribution < 1.29 is 4.74 Å². The standard InChI is InChI=1S/C15H14N4O/c1-2-6-12(7-3-1)20-11-10-16-15-17-13-8-4-5-9-14(13)18-19-15/h1-9H,10-11H2,(H,16,17,19). The second-order valence-electron chi connectivity index (χ2n) is 4.21. The predicted molar refractivity (Wildman–Crippen MR) is 77.8 cm³/mol. The van der Waals surface area contributed by atoms with Gasteiger partial charge in [0.15, 0.2) is 0 Å². The molecule has 0 atom stereocenters. The molecule has 1 N–H and O–H groups in total. The molecule has 0 aliphatic rings. The Morgan fingerprint density at radius 1 is 0.850 bits per heavy atom. The Balaban J connectivity index is 1.55. The topological polar surface area (TPSA) is 59.9 Å². The first-order valence-corrected chi connectivity index (χ1v) is 6.43. The van der Waals surface area contributed by atoms with Crippen LogP contribution in [0.3, 0.4) is 0 Å². The van der Waals surface area contributed by atoms with E-state index in [-0.39, 0.29) is 0 Å².